The SMILES string of the molecule is CCCC(C)Nc1ncc(Br)c(NC2CCCCC2)n1. The molecule has 1 fully saturated rings. The second kappa shape index (κ2) is 7.81. The molecule has 2 rings (SSSR count). The third kappa shape index (κ3) is 4.62. The van der Waals surface area contributed by atoms with Crippen molar-refractivity contribution < 1.29 is 0 Å². The Bertz CT molecular complexity index is 418. The summed E-state index contributed by atoms with van der Waals surface area (Å²) in [5.74, 6) is 1.63. The maximum atomic E-state index is 4.61. The Morgan fingerprint density at radius 3 is 2.80 bits per heavy atom. The van der Waals surface area contributed by atoms with Crippen molar-refractivity contribution in [2.45, 2.75) is 70.9 Å². The summed E-state index contributed by atoms with van der Waals surface area (Å²) in [4.78, 5) is 8.95. The molecule has 0 saturated heterocycles. The lowest BCUT2D eigenvalue weighted by atomic mass is 9.95. The van der Waals surface area contributed by atoms with E-state index in [9.17, 15) is 0 Å². The first-order valence-electron chi connectivity index (χ1n) is 7.74. The van der Waals surface area contributed by atoms with Gasteiger partial charge in [0.1, 0.15) is 5.82 Å². The van der Waals surface area contributed by atoms with Crippen LogP contribution in [0.4, 0.5) is 11.8 Å². The van der Waals surface area contributed by atoms with Crippen molar-refractivity contribution in [2.75, 3.05) is 10.6 Å². The van der Waals surface area contributed by atoms with Gasteiger partial charge in [-0.1, -0.05) is 32.6 Å². The standard InChI is InChI=1S/C15H25BrN4/c1-3-7-11(2)18-15-17-10-13(16)14(20-15)19-12-8-5-4-6-9-12/h10-12H,3-9H2,1-2H3,(H2,17,18,19,20). The predicted octanol–water partition coefficient (Wildman–Crippen LogP) is 4.58. The van der Waals surface area contributed by atoms with Crippen molar-refractivity contribution in [1.82, 2.24) is 9.97 Å². The van der Waals surface area contributed by atoms with Crippen molar-refractivity contribution in [3.8, 4) is 0 Å². The van der Waals surface area contributed by atoms with Crippen molar-refractivity contribution >= 4 is 27.7 Å². The topological polar surface area (TPSA) is 49.8 Å². The molecule has 20 heavy (non-hydrogen) atoms. The van der Waals surface area contributed by atoms with E-state index in [0.29, 0.717) is 18.0 Å². The van der Waals surface area contributed by atoms with Crippen LogP contribution in [0.5, 0.6) is 0 Å². The average Bonchev–Trinajstić information content (AvgIpc) is 2.44. The minimum absolute atomic E-state index is 0.406. The van der Waals surface area contributed by atoms with Crippen LogP contribution in [0, 0.1) is 0 Å². The maximum Gasteiger partial charge on any atom is 0.224 e. The predicted molar refractivity (Wildman–Crippen MR) is 88.2 cm³/mol. The summed E-state index contributed by atoms with van der Waals surface area (Å²) in [6.45, 7) is 4.36. The molecule has 5 heteroatoms. The van der Waals surface area contributed by atoms with E-state index in [0.717, 1.165) is 23.1 Å². The van der Waals surface area contributed by atoms with Gasteiger partial charge in [-0.15, -0.1) is 0 Å². The minimum atomic E-state index is 0.406. The van der Waals surface area contributed by atoms with E-state index in [1.807, 2.05) is 6.20 Å². The molecule has 1 aromatic heterocycles. The Labute approximate surface area is 130 Å². The second-order valence-electron chi connectivity index (χ2n) is 5.70. The van der Waals surface area contributed by atoms with Crippen LogP contribution in [0.1, 0.15) is 58.8 Å². The third-order valence-electron chi connectivity index (χ3n) is 3.79. The van der Waals surface area contributed by atoms with E-state index in [1.165, 1.54) is 32.1 Å². The van der Waals surface area contributed by atoms with E-state index < -0.39 is 0 Å². The van der Waals surface area contributed by atoms with Gasteiger partial charge in [0, 0.05) is 18.3 Å². The lowest BCUT2D eigenvalue weighted by molar-refractivity contribution is 0.461. The van der Waals surface area contributed by atoms with Crippen LogP contribution in [0.25, 0.3) is 0 Å². The molecule has 0 amide bonds. The molecule has 1 saturated carbocycles. The van der Waals surface area contributed by atoms with E-state index in [2.05, 4.69) is 50.4 Å². The fraction of sp³-hybridized carbons (Fsp3) is 0.733. The third-order valence-corrected chi connectivity index (χ3v) is 4.37. The Morgan fingerprint density at radius 1 is 1.35 bits per heavy atom. The van der Waals surface area contributed by atoms with E-state index in [-0.39, 0.29) is 0 Å². The largest absolute Gasteiger partial charge is 0.366 e. The summed E-state index contributed by atoms with van der Waals surface area (Å²) in [6, 6.07) is 0.958. The van der Waals surface area contributed by atoms with Crippen LogP contribution < -0.4 is 10.6 Å². The van der Waals surface area contributed by atoms with E-state index in [1.54, 1.807) is 0 Å². The number of nitrogens with zero attached hydrogens (tertiary/aromatic N) is 2. The van der Waals surface area contributed by atoms with Gasteiger partial charge < -0.3 is 10.6 Å². The molecule has 1 unspecified atom stereocenters. The zero-order valence-electron chi connectivity index (χ0n) is 12.5. The van der Waals surface area contributed by atoms with E-state index >= 15 is 0 Å². The molecule has 1 aliphatic carbocycles. The average molecular weight is 341 g/mol. The fourth-order valence-corrected chi connectivity index (χ4v) is 3.01. The van der Waals surface area contributed by atoms with Crippen LogP contribution in [0.3, 0.4) is 0 Å². The maximum absolute atomic E-state index is 4.61. The van der Waals surface area contributed by atoms with Crippen molar-refractivity contribution in [3.63, 3.8) is 0 Å². The lowest BCUT2D eigenvalue weighted by Gasteiger charge is -2.24. The monoisotopic (exact) mass is 340 g/mol. The molecular formula is C15H25BrN4. The molecule has 1 aromatic rings. The number of anilines is 2. The van der Waals surface area contributed by atoms with Gasteiger partial charge in [-0.05, 0) is 42.1 Å². The number of rotatable bonds is 6. The summed E-state index contributed by atoms with van der Waals surface area (Å²) in [7, 11) is 0. The van der Waals surface area contributed by atoms with Gasteiger partial charge in [0.2, 0.25) is 5.95 Å². The Kier molecular flexibility index (Phi) is 6.07. The van der Waals surface area contributed by atoms with E-state index in [4.69, 9.17) is 0 Å². The highest BCUT2D eigenvalue weighted by molar-refractivity contribution is 9.10. The minimum Gasteiger partial charge on any atom is -0.366 e. The summed E-state index contributed by atoms with van der Waals surface area (Å²) >= 11 is 3.54. The highest BCUT2D eigenvalue weighted by Crippen LogP contribution is 2.26. The molecular weight excluding hydrogens is 316 g/mol. The van der Waals surface area contributed by atoms with Gasteiger partial charge in [-0.25, -0.2) is 4.98 Å². The quantitative estimate of drug-likeness (QED) is 0.795. The Hall–Kier alpha value is -0.840. The molecule has 1 atom stereocenters. The normalized spacial score (nSPS) is 17.8. The van der Waals surface area contributed by atoms with Crippen LogP contribution in [-0.2, 0) is 0 Å². The first kappa shape index (κ1) is 15.5. The van der Waals surface area contributed by atoms with Gasteiger partial charge in [0.05, 0.1) is 4.47 Å². The van der Waals surface area contributed by atoms with Crippen LogP contribution in [0.15, 0.2) is 10.7 Å². The van der Waals surface area contributed by atoms with Crippen molar-refractivity contribution in [1.29, 1.82) is 0 Å². The Balaban J connectivity index is 2.00. The molecule has 0 aromatic carbocycles. The molecule has 2 N–H and O–H groups in total. The highest BCUT2D eigenvalue weighted by atomic mass is 79.9. The molecule has 0 spiro atoms. The summed E-state index contributed by atoms with van der Waals surface area (Å²) in [5.41, 5.74) is 0. The van der Waals surface area contributed by atoms with Gasteiger partial charge in [-0.2, -0.15) is 4.98 Å². The summed E-state index contributed by atoms with van der Waals surface area (Å²) in [6.07, 6.45) is 10.6. The molecule has 0 aliphatic heterocycles. The van der Waals surface area contributed by atoms with Crippen LogP contribution >= 0.6 is 15.9 Å². The molecule has 4 nitrogen and oxygen atoms in total. The molecule has 0 radical (unpaired) electrons. The highest BCUT2D eigenvalue weighted by Gasteiger charge is 2.15. The number of halogens is 1. The van der Waals surface area contributed by atoms with Crippen molar-refractivity contribution in [3.05, 3.63) is 10.7 Å². The first-order valence-corrected chi connectivity index (χ1v) is 8.54. The zero-order valence-corrected chi connectivity index (χ0v) is 14.0. The smallest absolute Gasteiger partial charge is 0.224 e. The molecule has 112 valence electrons. The molecule has 1 heterocycles. The number of hydrogen-bond donors (Lipinski definition) is 2. The zero-order chi connectivity index (χ0) is 14.4. The van der Waals surface area contributed by atoms with Gasteiger partial charge in [-0.3, -0.25) is 0 Å². The summed E-state index contributed by atoms with van der Waals surface area (Å²) < 4.78 is 0.941. The van der Waals surface area contributed by atoms with Crippen LogP contribution in [-0.4, -0.2) is 22.1 Å². The number of aromatic nitrogens is 2. The van der Waals surface area contributed by atoms with Crippen LogP contribution in [0.2, 0.25) is 0 Å². The molecule has 0 bridgehead atoms. The lowest BCUT2D eigenvalue weighted by Crippen LogP contribution is -2.24. The fourth-order valence-electron chi connectivity index (χ4n) is 2.70. The van der Waals surface area contributed by atoms with Gasteiger partial charge in [0.25, 0.3) is 0 Å². The summed E-state index contributed by atoms with van der Waals surface area (Å²) in [5, 5.41) is 6.92. The van der Waals surface area contributed by atoms with Gasteiger partial charge in [0.15, 0.2) is 0 Å². The first-order chi connectivity index (χ1) is 9.69. The second-order valence-corrected chi connectivity index (χ2v) is 6.56. The molecule has 1 aliphatic rings. The Morgan fingerprint density at radius 2 is 2.10 bits per heavy atom. The number of nitrogens with one attached hydrogen (secondary N) is 2. The van der Waals surface area contributed by atoms with Gasteiger partial charge >= 0.3 is 0 Å². The van der Waals surface area contributed by atoms with Crippen molar-refractivity contribution in [2.24, 2.45) is 0 Å². The number of hydrogen-bond acceptors (Lipinski definition) is 4.